The van der Waals surface area contributed by atoms with Crippen molar-refractivity contribution in [2.45, 2.75) is 6.92 Å². The molecule has 0 saturated carbocycles. The number of rotatable bonds is 2. The summed E-state index contributed by atoms with van der Waals surface area (Å²) in [5, 5.41) is 18.5. The van der Waals surface area contributed by atoms with Crippen LogP contribution in [0.25, 0.3) is 11.1 Å². The fourth-order valence-electron chi connectivity index (χ4n) is 1.79. The van der Waals surface area contributed by atoms with Gasteiger partial charge in [-0.1, -0.05) is 24.3 Å². The molecule has 3 nitrogen and oxygen atoms in total. The molecule has 0 saturated heterocycles. The number of carbonyl (C=O) groups is 1. The van der Waals surface area contributed by atoms with Crippen LogP contribution in [0, 0.1) is 6.92 Å². The van der Waals surface area contributed by atoms with E-state index in [1.807, 2.05) is 31.2 Å². The van der Waals surface area contributed by atoms with E-state index in [0.717, 1.165) is 11.1 Å². The second kappa shape index (κ2) is 4.29. The monoisotopic (exact) mass is 228 g/mol. The fourth-order valence-corrected chi connectivity index (χ4v) is 1.79. The predicted octanol–water partition coefficient (Wildman–Crippen LogP) is 3.07. The van der Waals surface area contributed by atoms with E-state index in [1.165, 1.54) is 6.07 Å². The Labute approximate surface area is 99.0 Å². The van der Waals surface area contributed by atoms with E-state index in [0.29, 0.717) is 5.56 Å². The molecule has 0 fully saturated rings. The second-order valence-electron chi connectivity index (χ2n) is 3.89. The van der Waals surface area contributed by atoms with Crippen molar-refractivity contribution in [1.29, 1.82) is 0 Å². The molecule has 0 spiro atoms. The molecule has 17 heavy (non-hydrogen) atoms. The van der Waals surface area contributed by atoms with E-state index in [-0.39, 0.29) is 11.3 Å². The highest BCUT2D eigenvalue weighted by Gasteiger charge is 2.09. The molecule has 0 atom stereocenters. The molecule has 0 unspecified atom stereocenters. The van der Waals surface area contributed by atoms with Crippen molar-refractivity contribution >= 4 is 5.97 Å². The molecule has 2 aromatic carbocycles. The number of benzene rings is 2. The third-order valence-electron chi connectivity index (χ3n) is 2.62. The Morgan fingerprint density at radius 1 is 1.12 bits per heavy atom. The Morgan fingerprint density at radius 3 is 2.47 bits per heavy atom. The summed E-state index contributed by atoms with van der Waals surface area (Å²) in [6, 6.07) is 12.0. The maximum absolute atomic E-state index is 10.9. The molecule has 86 valence electrons. The molecule has 2 N–H and O–H groups in total. The molecule has 0 bridgehead atoms. The lowest BCUT2D eigenvalue weighted by Crippen LogP contribution is -1.96. The van der Waals surface area contributed by atoms with Crippen LogP contribution in [-0.2, 0) is 0 Å². The van der Waals surface area contributed by atoms with E-state index in [1.54, 1.807) is 12.1 Å². The number of phenols is 1. The van der Waals surface area contributed by atoms with E-state index in [2.05, 4.69) is 0 Å². The first-order valence-electron chi connectivity index (χ1n) is 5.21. The van der Waals surface area contributed by atoms with Gasteiger partial charge in [-0.2, -0.15) is 0 Å². The van der Waals surface area contributed by atoms with Crippen LogP contribution in [0.15, 0.2) is 42.5 Å². The van der Waals surface area contributed by atoms with E-state index in [9.17, 15) is 9.90 Å². The first-order valence-corrected chi connectivity index (χ1v) is 5.21. The van der Waals surface area contributed by atoms with Gasteiger partial charge >= 0.3 is 5.97 Å². The molecule has 0 heterocycles. The van der Waals surface area contributed by atoms with Crippen LogP contribution in [0.3, 0.4) is 0 Å². The molecular weight excluding hydrogens is 216 g/mol. The maximum atomic E-state index is 10.9. The second-order valence-corrected chi connectivity index (χ2v) is 3.89. The number of hydrogen-bond donors (Lipinski definition) is 2. The van der Waals surface area contributed by atoms with Crippen molar-refractivity contribution in [3.63, 3.8) is 0 Å². The first kappa shape index (κ1) is 11.2. The van der Waals surface area contributed by atoms with Gasteiger partial charge in [0.15, 0.2) is 0 Å². The Kier molecular flexibility index (Phi) is 2.83. The summed E-state index contributed by atoms with van der Waals surface area (Å²) in [5.74, 6) is -1.08. The minimum atomic E-state index is -1.05. The third kappa shape index (κ3) is 2.28. The Bertz CT molecular complexity index is 573. The Hall–Kier alpha value is -2.29. The van der Waals surface area contributed by atoms with E-state index in [4.69, 9.17) is 5.11 Å². The number of aromatic hydroxyl groups is 1. The Morgan fingerprint density at radius 2 is 1.82 bits per heavy atom. The standard InChI is InChI=1S/C14H12O3/c1-9-4-2-3-5-13(9)10-6-11(14(16)17)8-12(15)7-10/h2-8,15H,1H3,(H,16,17). The van der Waals surface area contributed by atoms with Crippen LogP contribution in [-0.4, -0.2) is 16.2 Å². The van der Waals surface area contributed by atoms with Gasteiger partial charge in [0.05, 0.1) is 5.56 Å². The molecule has 0 radical (unpaired) electrons. The zero-order valence-electron chi connectivity index (χ0n) is 9.34. The van der Waals surface area contributed by atoms with Crippen molar-refractivity contribution < 1.29 is 15.0 Å². The van der Waals surface area contributed by atoms with Gasteiger partial charge in [-0.25, -0.2) is 4.79 Å². The topological polar surface area (TPSA) is 57.5 Å². The van der Waals surface area contributed by atoms with Crippen molar-refractivity contribution in [2.24, 2.45) is 0 Å². The minimum Gasteiger partial charge on any atom is -0.508 e. The van der Waals surface area contributed by atoms with Crippen LogP contribution in [0.4, 0.5) is 0 Å². The Balaban J connectivity index is 2.60. The number of carboxylic acid groups (broad SMARTS) is 1. The lowest BCUT2D eigenvalue weighted by molar-refractivity contribution is 0.0696. The third-order valence-corrected chi connectivity index (χ3v) is 2.62. The highest BCUT2D eigenvalue weighted by Crippen LogP contribution is 2.27. The van der Waals surface area contributed by atoms with Gasteiger partial charge in [-0.15, -0.1) is 0 Å². The highest BCUT2D eigenvalue weighted by molar-refractivity contribution is 5.90. The summed E-state index contributed by atoms with van der Waals surface area (Å²) >= 11 is 0. The molecule has 0 aliphatic heterocycles. The van der Waals surface area contributed by atoms with E-state index < -0.39 is 5.97 Å². The number of carboxylic acids is 1. The van der Waals surface area contributed by atoms with Crippen molar-refractivity contribution in [2.75, 3.05) is 0 Å². The van der Waals surface area contributed by atoms with Gasteiger partial charge in [0.1, 0.15) is 5.75 Å². The lowest BCUT2D eigenvalue weighted by Gasteiger charge is -2.07. The summed E-state index contributed by atoms with van der Waals surface area (Å²) < 4.78 is 0. The van der Waals surface area contributed by atoms with Crippen LogP contribution < -0.4 is 0 Å². The quantitative estimate of drug-likeness (QED) is 0.830. The summed E-state index contributed by atoms with van der Waals surface area (Å²) in [7, 11) is 0. The van der Waals surface area contributed by atoms with Gasteiger partial charge in [0.2, 0.25) is 0 Å². The molecular formula is C14H12O3. The summed E-state index contributed by atoms with van der Waals surface area (Å²) in [4.78, 5) is 10.9. The van der Waals surface area contributed by atoms with Gasteiger partial charge < -0.3 is 10.2 Å². The van der Waals surface area contributed by atoms with Crippen LogP contribution >= 0.6 is 0 Å². The number of phenolic OH excluding ortho intramolecular Hbond substituents is 1. The molecule has 2 rings (SSSR count). The molecule has 0 amide bonds. The maximum Gasteiger partial charge on any atom is 0.335 e. The average molecular weight is 228 g/mol. The molecule has 0 aliphatic carbocycles. The van der Waals surface area contributed by atoms with Crippen LogP contribution in [0.5, 0.6) is 5.75 Å². The highest BCUT2D eigenvalue weighted by atomic mass is 16.4. The normalized spacial score (nSPS) is 10.2. The van der Waals surface area contributed by atoms with Crippen molar-refractivity contribution in [3.8, 4) is 16.9 Å². The first-order chi connectivity index (χ1) is 8.08. The zero-order chi connectivity index (χ0) is 12.4. The predicted molar refractivity (Wildman–Crippen MR) is 65.2 cm³/mol. The average Bonchev–Trinajstić information content (AvgIpc) is 2.28. The summed E-state index contributed by atoms with van der Waals surface area (Å²) in [6.45, 7) is 1.94. The molecule has 2 aromatic rings. The minimum absolute atomic E-state index is 0.0387. The number of hydrogen-bond acceptors (Lipinski definition) is 2. The lowest BCUT2D eigenvalue weighted by atomic mass is 9.98. The van der Waals surface area contributed by atoms with Gasteiger partial charge in [-0.3, -0.25) is 0 Å². The molecule has 0 aliphatic rings. The van der Waals surface area contributed by atoms with Crippen LogP contribution in [0.2, 0.25) is 0 Å². The fraction of sp³-hybridized carbons (Fsp3) is 0.0714. The summed E-state index contributed by atoms with van der Waals surface area (Å²) in [6.07, 6.45) is 0. The van der Waals surface area contributed by atoms with Crippen LogP contribution in [0.1, 0.15) is 15.9 Å². The van der Waals surface area contributed by atoms with Gasteiger partial charge in [0.25, 0.3) is 0 Å². The zero-order valence-corrected chi connectivity index (χ0v) is 9.34. The van der Waals surface area contributed by atoms with Gasteiger partial charge in [-0.05, 0) is 41.8 Å². The smallest absolute Gasteiger partial charge is 0.335 e. The number of aromatic carboxylic acids is 1. The molecule has 3 heteroatoms. The summed E-state index contributed by atoms with van der Waals surface area (Å²) in [5.41, 5.74) is 2.75. The molecule has 0 aromatic heterocycles. The van der Waals surface area contributed by atoms with Crippen molar-refractivity contribution in [3.05, 3.63) is 53.6 Å². The SMILES string of the molecule is Cc1ccccc1-c1cc(O)cc(C(=O)O)c1. The van der Waals surface area contributed by atoms with E-state index >= 15 is 0 Å². The largest absolute Gasteiger partial charge is 0.508 e. The number of aryl methyl sites for hydroxylation is 1. The van der Waals surface area contributed by atoms with Gasteiger partial charge in [0, 0.05) is 0 Å². The van der Waals surface area contributed by atoms with Crippen molar-refractivity contribution in [1.82, 2.24) is 0 Å².